The smallest absolute Gasteiger partial charge is 0.283 e. The third-order valence-corrected chi connectivity index (χ3v) is 3.47. The van der Waals surface area contributed by atoms with Crippen LogP contribution in [-0.2, 0) is 20.0 Å². The highest BCUT2D eigenvalue weighted by Gasteiger charge is 2.12. The Balaban J connectivity index is 1.47. The van der Waals surface area contributed by atoms with Gasteiger partial charge in [-0.25, -0.2) is 4.98 Å². The molecule has 3 rings (SSSR count). The van der Waals surface area contributed by atoms with Gasteiger partial charge in [-0.2, -0.15) is 0 Å². The maximum Gasteiger partial charge on any atom is 0.283 e. The summed E-state index contributed by atoms with van der Waals surface area (Å²) in [5.41, 5.74) is 0. The largest absolute Gasteiger partial charge is 0.459 e. The maximum absolute atomic E-state index is 5.60. The summed E-state index contributed by atoms with van der Waals surface area (Å²) in [6, 6.07) is 3.59. The van der Waals surface area contributed by atoms with E-state index in [1.807, 2.05) is 31.1 Å². The van der Waals surface area contributed by atoms with E-state index in [1.54, 1.807) is 18.4 Å². The normalized spacial score (nSPS) is 11.4. The van der Waals surface area contributed by atoms with Crippen LogP contribution in [0.2, 0.25) is 0 Å². The van der Waals surface area contributed by atoms with Crippen LogP contribution in [0.1, 0.15) is 18.1 Å². The molecule has 3 heterocycles. The van der Waals surface area contributed by atoms with Crippen molar-refractivity contribution >= 4 is 0 Å². The van der Waals surface area contributed by atoms with Gasteiger partial charge < -0.3 is 13.4 Å². The van der Waals surface area contributed by atoms with Crippen molar-refractivity contribution < 1.29 is 8.83 Å². The lowest BCUT2D eigenvalue weighted by molar-refractivity contribution is 0.285. The minimum absolute atomic E-state index is 0.418. The Labute approximate surface area is 128 Å². The number of imidazole rings is 1. The van der Waals surface area contributed by atoms with Crippen molar-refractivity contribution in [1.29, 1.82) is 0 Å². The quantitative estimate of drug-likeness (QED) is 0.665. The van der Waals surface area contributed by atoms with E-state index in [0.717, 1.165) is 25.2 Å². The molecule has 0 aliphatic heterocycles. The second-order valence-corrected chi connectivity index (χ2v) is 5.27. The van der Waals surface area contributed by atoms with Crippen LogP contribution in [0, 0.1) is 0 Å². The average Bonchev–Trinajstić information content (AvgIpc) is 3.21. The Morgan fingerprint density at radius 2 is 2.23 bits per heavy atom. The summed E-state index contributed by atoms with van der Waals surface area (Å²) < 4.78 is 12.9. The average molecular weight is 301 g/mol. The minimum Gasteiger partial charge on any atom is -0.459 e. The highest BCUT2D eigenvalue weighted by molar-refractivity contribution is 5.42. The van der Waals surface area contributed by atoms with Gasteiger partial charge in [0.25, 0.3) is 5.89 Å². The summed E-state index contributed by atoms with van der Waals surface area (Å²) in [7, 11) is 4.05. The number of rotatable bonds is 7. The molecule has 0 N–H and O–H groups in total. The third kappa shape index (κ3) is 3.43. The first-order chi connectivity index (χ1) is 10.7. The molecule has 0 aliphatic carbocycles. The zero-order chi connectivity index (χ0) is 15.4. The fourth-order valence-corrected chi connectivity index (χ4v) is 2.27. The van der Waals surface area contributed by atoms with Crippen molar-refractivity contribution in [1.82, 2.24) is 24.6 Å². The van der Waals surface area contributed by atoms with Crippen molar-refractivity contribution in [2.24, 2.45) is 7.05 Å². The number of aromatic nitrogens is 4. The predicted molar refractivity (Wildman–Crippen MR) is 79.9 cm³/mol. The molecule has 7 nitrogen and oxygen atoms in total. The topological polar surface area (TPSA) is 73.1 Å². The van der Waals surface area contributed by atoms with E-state index in [0.29, 0.717) is 24.1 Å². The molecule has 0 aliphatic rings. The van der Waals surface area contributed by atoms with E-state index in [-0.39, 0.29) is 0 Å². The first-order valence-electron chi connectivity index (χ1n) is 7.23. The van der Waals surface area contributed by atoms with Gasteiger partial charge in [-0.15, -0.1) is 10.2 Å². The lowest BCUT2D eigenvalue weighted by Crippen LogP contribution is -2.20. The van der Waals surface area contributed by atoms with Gasteiger partial charge in [-0.1, -0.05) is 0 Å². The number of aryl methyl sites for hydroxylation is 2. The molecule has 0 saturated carbocycles. The fraction of sp³-hybridized carbons (Fsp3) is 0.400. The number of hydrogen-bond donors (Lipinski definition) is 0. The van der Waals surface area contributed by atoms with Gasteiger partial charge in [0.05, 0.1) is 12.8 Å². The summed E-state index contributed by atoms with van der Waals surface area (Å²) >= 11 is 0. The molecule has 0 aromatic carbocycles. The van der Waals surface area contributed by atoms with Gasteiger partial charge in [0.15, 0.2) is 5.76 Å². The molecule has 0 fully saturated rings. The molecular formula is C15H19N5O2. The molecule has 0 amide bonds. The molecule has 0 unspecified atom stereocenters. The van der Waals surface area contributed by atoms with E-state index in [2.05, 4.69) is 20.1 Å². The summed E-state index contributed by atoms with van der Waals surface area (Å²) in [4.78, 5) is 6.48. The van der Waals surface area contributed by atoms with Crippen molar-refractivity contribution in [3.05, 3.63) is 42.5 Å². The molecular weight excluding hydrogens is 282 g/mol. The zero-order valence-corrected chi connectivity index (χ0v) is 12.8. The second kappa shape index (κ2) is 6.57. The van der Waals surface area contributed by atoms with Crippen LogP contribution in [0.4, 0.5) is 0 Å². The Hall–Kier alpha value is -2.41. The second-order valence-electron chi connectivity index (χ2n) is 5.27. The molecule has 22 heavy (non-hydrogen) atoms. The predicted octanol–water partition coefficient (Wildman–Crippen LogP) is 2.13. The Bertz CT molecular complexity index is 701. The first kappa shape index (κ1) is 14.5. The summed E-state index contributed by atoms with van der Waals surface area (Å²) in [6.07, 6.45) is 7.36. The third-order valence-electron chi connectivity index (χ3n) is 3.47. The maximum atomic E-state index is 5.60. The lowest BCUT2D eigenvalue weighted by atomic mass is 10.3. The Morgan fingerprint density at radius 3 is 2.95 bits per heavy atom. The van der Waals surface area contributed by atoms with Crippen LogP contribution in [0.5, 0.6) is 0 Å². The Morgan fingerprint density at radius 1 is 1.32 bits per heavy atom. The highest BCUT2D eigenvalue weighted by Crippen LogP contribution is 2.18. The lowest BCUT2D eigenvalue weighted by Gasteiger charge is -2.13. The molecule has 0 radical (unpaired) electrons. The molecule has 3 aromatic rings. The molecule has 0 atom stereocenters. The number of nitrogens with zero attached hydrogens (tertiary/aromatic N) is 5. The standard InChI is InChI=1S/C15H19N5O2/c1-19(8-3-6-13-16-7-9-20(13)2)11-14-17-18-15(22-14)12-5-4-10-21-12/h4-5,7,9-10H,3,6,8,11H2,1-2H3. The van der Waals surface area contributed by atoms with Crippen LogP contribution >= 0.6 is 0 Å². The van der Waals surface area contributed by atoms with Crippen LogP contribution in [-0.4, -0.2) is 38.2 Å². The summed E-state index contributed by atoms with van der Waals surface area (Å²) in [6.45, 7) is 1.56. The van der Waals surface area contributed by atoms with Gasteiger partial charge in [-0.05, 0) is 32.1 Å². The van der Waals surface area contributed by atoms with E-state index < -0.39 is 0 Å². The zero-order valence-electron chi connectivity index (χ0n) is 12.8. The molecule has 0 saturated heterocycles. The van der Waals surface area contributed by atoms with Crippen molar-refractivity contribution in [2.45, 2.75) is 19.4 Å². The Kier molecular flexibility index (Phi) is 4.34. The number of hydrogen-bond acceptors (Lipinski definition) is 6. The van der Waals surface area contributed by atoms with Crippen molar-refractivity contribution in [3.63, 3.8) is 0 Å². The van der Waals surface area contributed by atoms with E-state index >= 15 is 0 Å². The van der Waals surface area contributed by atoms with Crippen molar-refractivity contribution in [3.8, 4) is 11.7 Å². The molecule has 0 bridgehead atoms. The fourth-order valence-electron chi connectivity index (χ4n) is 2.27. The van der Waals surface area contributed by atoms with Crippen LogP contribution < -0.4 is 0 Å². The molecule has 0 spiro atoms. The van der Waals surface area contributed by atoms with Crippen LogP contribution in [0.3, 0.4) is 0 Å². The minimum atomic E-state index is 0.418. The highest BCUT2D eigenvalue weighted by atomic mass is 16.4. The van der Waals surface area contributed by atoms with Gasteiger partial charge >= 0.3 is 0 Å². The monoisotopic (exact) mass is 301 g/mol. The van der Waals surface area contributed by atoms with Gasteiger partial charge in [-0.3, -0.25) is 4.90 Å². The van der Waals surface area contributed by atoms with Crippen LogP contribution in [0.25, 0.3) is 11.7 Å². The van der Waals surface area contributed by atoms with E-state index in [1.165, 1.54) is 0 Å². The molecule has 116 valence electrons. The number of furan rings is 1. The first-order valence-corrected chi connectivity index (χ1v) is 7.23. The van der Waals surface area contributed by atoms with Gasteiger partial charge in [0.1, 0.15) is 5.82 Å². The summed E-state index contributed by atoms with van der Waals surface area (Å²) in [5, 5.41) is 8.04. The van der Waals surface area contributed by atoms with Gasteiger partial charge in [0, 0.05) is 25.9 Å². The SMILES string of the molecule is CN(CCCc1nccn1C)Cc1nnc(-c2ccco2)o1. The van der Waals surface area contributed by atoms with Crippen LogP contribution in [0.15, 0.2) is 39.6 Å². The van der Waals surface area contributed by atoms with Crippen molar-refractivity contribution in [2.75, 3.05) is 13.6 Å². The molecule has 3 aromatic heterocycles. The molecule has 7 heteroatoms. The van der Waals surface area contributed by atoms with Gasteiger partial charge in [0.2, 0.25) is 5.89 Å². The van der Waals surface area contributed by atoms with E-state index in [4.69, 9.17) is 8.83 Å². The summed E-state index contributed by atoms with van der Waals surface area (Å²) in [5.74, 6) is 2.70. The van der Waals surface area contributed by atoms with E-state index in [9.17, 15) is 0 Å².